The van der Waals surface area contributed by atoms with Gasteiger partial charge in [-0.3, -0.25) is 0 Å². The molecule has 1 aliphatic carbocycles. The molecule has 1 aliphatic rings. The van der Waals surface area contributed by atoms with Gasteiger partial charge >= 0.3 is 0 Å². The molecule has 1 saturated carbocycles. The maximum atomic E-state index is 4.85. The van der Waals surface area contributed by atoms with E-state index in [1.807, 2.05) is 11.3 Å². The Kier molecular flexibility index (Phi) is 6.85. The molecular formula is C16H28N2S2. The van der Waals surface area contributed by atoms with Crippen LogP contribution in [0.2, 0.25) is 0 Å². The molecule has 1 fully saturated rings. The Hall–Kier alpha value is -0.0600. The highest BCUT2D eigenvalue weighted by atomic mass is 32.2. The van der Waals surface area contributed by atoms with Crippen LogP contribution in [0.4, 0.5) is 0 Å². The molecule has 2 rings (SSSR count). The molecule has 0 saturated heterocycles. The predicted octanol–water partition coefficient (Wildman–Crippen LogP) is 4.77. The van der Waals surface area contributed by atoms with E-state index in [0.29, 0.717) is 6.04 Å². The van der Waals surface area contributed by atoms with Gasteiger partial charge in [0.1, 0.15) is 5.01 Å². The van der Waals surface area contributed by atoms with Gasteiger partial charge in [-0.2, -0.15) is 11.8 Å². The topological polar surface area (TPSA) is 24.9 Å². The van der Waals surface area contributed by atoms with Crippen LogP contribution in [-0.2, 0) is 18.7 Å². The highest BCUT2D eigenvalue weighted by molar-refractivity contribution is 7.99. The SMILES string of the molecule is CCc1nc(CSC2CCCCC2)sc1CNC(C)C. The summed E-state index contributed by atoms with van der Waals surface area (Å²) in [5.41, 5.74) is 1.31. The molecule has 0 unspecified atom stereocenters. The van der Waals surface area contributed by atoms with Gasteiger partial charge in [0.15, 0.2) is 0 Å². The van der Waals surface area contributed by atoms with Crippen molar-refractivity contribution in [3.8, 4) is 0 Å². The second-order valence-electron chi connectivity index (χ2n) is 5.94. The first-order chi connectivity index (χ1) is 9.69. The number of nitrogens with zero attached hydrogens (tertiary/aromatic N) is 1. The van der Waals surface area contributed by atoms with Gasteiger partial charge in [-0.15, -0.1) is 11.3 Å². The minimum Gasteiger partial charge on any atom is -0.310 e. The van der Waals surface area contributed by atoms with Gasteiger partial charge < -0.3 is 5.32 Å². The summed E-state index contributed by atoms with van der Waals surface area (Å²) in [6.07, 6.45) is 8.19. The second kappa shape index (κ2) is 8.40. The Morgan fingerprint density at radius 3 is 2.70 bits per heavy atom. The first-order valence-electron chi connectivity index (χ1n) is 8.01. The predicted molar refractivity (Wildman–Crippen MR) is 91.6 cm³/mol. The molecule has 0 amide bonds. The number of hydrogen-bond donors (Lipinski definition) is 1. The van der Waals surface area contributed by atoms with Crippen molar-refractivity contribution in [3.63, 3.8) is 0 Å². The van der Waals surface area contributed by atoms with Crippen molar-refractivity contribution in [1.82, 2.24) is 10.3 Å². The average molecular weight is 313 g/mol. The smallest absolute Gasteiger partial charge is 0.103 e. The molecule has 20 heavy (non-hydrogen) atoms. The van der Waals surface area contributed by atoms with E-state index >= 15 is 0 Å². The van der Waals surface area contributed by atoms with Gasteiger partial charge in [-0.05, 0) is 19.3 Å². The van der Waals surface area contributed by atoms with E-state index in [4.69, 9.17) is 4.98 Å². The van der Waals surface area contributed by atoms with Crippen LogP contribution in [0, 0.1) is 0 Å². The molecule has 0 atom stereocenters. The molecule has 0 bridgehead atoms. The maximum absolute atomic E-state index is 4.85. The number of hydrogen-bond acceptors (Lipinski definition) is 4. The first-order valence-corrected chi connectivity index (χ1v) is 9.88. The normalized spacial score (nSPS) is 17.0. The van der Waals surface area contributed by atoms with E-state index in [-0.39, 0.29) is 0 Å². The van der Waals surface area contributed by atoms with Crippen molar-refractivity contribution in [2.75, 3.05) is 0 Å². The largest absolute Gasteiger partial charge is 0.310 e. The number of aromatic nitrogens is 1. The van der Waals surface area contributed by atoms with Crippen molar-refractivity contribution in [2.24, 2.45) is 0 Å². The van der Waals surface area contributed by atoms with Crippen molar-refractivity contribution >= 4 is 23.1 Å². The van der Waals surface area contributed by atoms with E-state index in [1.54, 1.807) is 0 Å². The summed E-state index contributed by atoms with van der Waals surface area (Å²) in [7, 11) is 0. The molecule has 1 aromatic rings. The Morgan fingerprint density at radius 2 is 2.05 bits per heavy atom. The van der Waals surface area contributed by atoms with Gasteiger partial charge in [-0.1, -0.05) is 40.0 Å². The van der Waals surface area contributed by atoms with Gasteiger partial charge in [0.05, 0.1) is 5.69 Å². The first kappa shape index (κ1) is 16.3. The fraction of sp³-hybridized carbons (Fsp3) is 0.812. The fourth-order valence-corrected chi connectivity index (χ4v) is 5.08. The van der Waals surface area contributed by atoms with Crippen molar-refractivity contribution in [2.45, 2.75) is 82.9 Å². The lowest BCUT2D eigenvalue weighted by atomic mass is 10.0. The zero-order valence-corrected chi connectivity index (χ0v) is 14.7. The van der Waals surface area contributed by atoms with Crippen LogP contribution in [0.5, 0.6) is 0 Å². The lowest BCUT2D eigenvalue weighted by molar-refractivity contribution is 0.516. The maximum Gasteiger partial charge on any atom is 0.103 e. The van der Waals surface area contributed by atoms with E-state index in [2.05, 4.69) is 37.8 Å². The molecule has 0 aromatic carbocycles. The van der Waals surface area contributed by atoms with Crippen LogP contribution in [0.25, 0.3) is 0 Å². The zero-order chi connectivity index (χ0) is 14.4. The molecule has 0 radical (unpaired) electrons. The molecule has 0 aliphatic heterocycles. The summed E-state index contributed by atoms with van der Waals surface area (Å²) in [6, 6.07) is 0.543. The standard InChI is InChI=1S/C16H28N2S2/c1-4-14-15(10-17-12(2)3)20-16(18-14)11-19-13-8-6-5-7-9-13/h12-13,17H,4-11H2,1-3H3. The van der Waals surface area contributed by atoms with Crippen LogP contribution < -0.4 is 5.32 Å². The third-order valence-electron chi connectivity index (χ3n) is 3.82. The lowest BCUT2D eigenvalue weighted by Gasteiger charge is -2.20. The molecular weight excluding hydrogens is 284 g/mol. The number of thiazole rings is 1. The third-order valence-corrected chi connectivity index (χ3v) is 6.49. The summed E-state index contributed by atoms with van der Waals surface area (Å²) in [5.74, 6) is 1.12. The van der Waals surface area contributed by atoms with Crippen LogP contribution in [0.1, 0.15) is 68.5 Å². The van der Waals surface area contributed by atoms with E-state index in [9.17, 15) is 0 Å². The summed E-state index contributed by atoms with van der Waals surface area (Å²) < 4.78 is 0. The lowest BCUT2D eigenvalue weighted by Crippen LogP contribution is -2.21. The van der Waals surface area contributed by atoms with Crippen molar-refractivity contribution in [1.29, 1.82) is 0 Å². The molecule has 1 aromatic heterocycles. The Labute approximate surface area is 132 Å². The molecule has 1 heterocycles. The summed E-state index contributed by atoms with van der Waals surface area (Å²) in [6.45, 7) is 7.59. The minimum absolute atomic E-state index is 0.543. The van der Waals surface area contributed by atoms with Crippen molar-refractivity contribution in [3.05, 3.63) is 15.6 Å². The quantitative estimate of drug-likeness (QED) is 0.785. The zero-order valence-electron chi connectivity index (χ0n) is 13.1. The van der Waals surface area contributed by atoms with E-state index in [1.165, 1.54) is 47.7 Å². The van der Waals surface area contributed by atoms with Gasteiger partial charge in [0.25, 0.3) is 0 Å². The number of rotatable bonds is 7. The summed E-state index contributed by atoms with van der Waals surface area (Å²) in [4.78, 5) is 6.29. The van der Waals surface area contributed by atoms with Gasteiger partial charge in [-0.25, -0.2) is 4.98 Å². The van der Waals surface area contributed by atoms with E-state index < -0.39 is 0 Å². The Morgan fingerprint density at radius 1 is 1.30 bits per heavy atom. The fourth-order valence-electron chi connectivity index (χ4n) is 2.63. The van der Waals surface area contributed by atoms with Crippen molar-refractivity contribution < 1.29 is 0 Å². The minimum atomic E-state index is 0.543. The molecule has 1 N–H and O–H groups in total. The Balaban J connectivity index is 1.87. The van der Waals surface area contributed by atoms with Crippen LogP contribution in [0.15, 0.2) is 0 Å². The van der Waals surface area contributed by atoms with Gasteiger partial charge in [0, 0.05) is 28.5 Å². The molecule has 0 spiro atoms. The summed E-state index contributed by atoms with van der Waals surface area (Å²) >= 11 is 4.06. The number of aryl methyl sites for hydroxylation is 1. The molecule has 4 heteroatoms. The van der Waals surface area contributed by atoms with Crippen LogP contribution in [-0.4, -0.2) is 16.3 Å². The highest BCUT2D eigenvalue weighted by Crippen LogP contribution is 2.32. The van der Waals surface area contributed by atoms with Crippen LogP contribution in [0.3, 0.4) is 0 Å². The Bertz CT molecular complexity index is 395. The van der Waals surface area contributed by atoms with Crippen LogP contribution >= 0.6 is 23.1 Å². The molecule has 114 valence electrons. The highest BCUT2D eigenvalue weighted by Gasteiger charge is 2.16. The second-order valence-corrected chi connectivity index (χ2v) is 8.39. The number of thioether (sulfide) groups is 1. The third kappa shape index (κ3) is 5.05. The van der Waals surface area contributed by atoms with Gasteiger partial charge in [0.2, 0.25) is 0 Å². The number of nitrogens with one attached hydrogen (secondary N) is 1. The average Bonchev–Trinajstić information content (AvgIpc) is 2.86. The summed E-state index contributed by atoms with van der Waals surface area (Å²) in [5, 5.41) is 5.73. The van der Waals surface area contributed by atoms with E-state index in [0.717, 1.165) is 24.0 Å². The molecule has 2 nitrogen and oxygen atoms in total. The monoisotopic (exact) mass is 312 g/mol.